The number of fused-ring (bicyclic) bond motifs is 1. The van der Waals surface area contributed by atoms with Gasteiger partial charge in [0.05, 0.1) is 38.6 Å². The number of ether oxygens (including phenoxy) is 3. The minimum atomic E-state index is -0.420. The van der Waals surface area contributed by atoms with Gasteiger partial charge in [0.1, 0.15) is 17.6 Å². The number of imidazole rings is 1. The molecule has 4 rings (SSSR count). The standard InChI is InChI=1S/C26H29N5O5/c1-30-13-11-27-25(30)24(17-7-9-18(34-2)10-8-17)29-23(32)6-5-12-31-16-28-20-15-22(36-4)21(35-3)14-19(20)26(31)33/h7-11,13-16,24H,5-6,12H2,1-4H3,(H,29,32). The van der Waals surface area contributed by atoms with Crippen LogP contribution in [-0.2, 0) is 18.4 Å². The Morgan fingerprint density at radius 2 is 1.75 bits per heavy atom. The van der Waals surface area contributed by atoms with Crippen molar-refractivity contribution in [2.24, 2.45) is 7.05 Å². The number of rotatable bonds is 10. The van der Waals surface area contributed by atoms with Gasteiger partial charge in [-0.15, -0.1) is 0 Å². The Morgan fingerprint density at radius 3 is 2.39 bits per heavy atom. The molecule has 2 heterocycles. The summed E-state index contributed by atoms with van der Waals surface area (Å²) in [6.45, 7) is 0.346. The van der Waals surface area contributed by atoms with Crippen LogP contribution in [0, 0.1) is 0 Å². The Bertz CT molecular complexity index is 1410. The highest BCUT2D eigenvalue weighted by molar-refractivity contribution is 5.81. The molecule has 0 spiro atoms. The van der Waals surface area contributed by atoms with Crippen LogP contribution < -0.4 is 25.1 Å². The van der Waals surface area contributed by atoms with E-state index in [2.05, 4.69) is 15.3 Å². The number of hydrogen-bond acceptors (Lipinski definition) is 7. The maximum absolute atomic E-state index is 13.0. The van der Waals surface area contributed by atoms with E-state index in [4.69, 9.17) is 14.2 Å². The van der Waals surface area contributed by atoms with Crippen molar-refractivity contribution >= 4 is 16.8 Å². The molecule has 2 aromatic carbocycles. The second-order valence-electron chi connectivity index (χ2n) is 8.24. The first-order chi connectivity index (χ1) is 17.4. The molecule has 188 valence electrons. The first kappa shape index (κ1) is 24.8. The van der Waals surface area contributed by atoms with Crippen LogP contribution in [0.1, 0.15) is 30.3 Å². The first-order valence-electron chi connectivity index (χ1n) is 11.5. The lowest BCUT2D eigenvalue weighted by Crippen LogP contribution is -2.31. The minimum Gasteiger partial charge on any atom is -0.497 e. The van der Waals surface area contributed by atoms with Gasteiger partial charge >= 0.3 is 0 Å². The third kappa shape index (κ3) is 5.17. The molecule has 4 aromatic rings. The quantitative estimate of drug-likeness (QED) is 0.363. The van der Waals surface area contributed by atoms with Gasteiger partial charge in [0.2, 0.25) is 5.91 Å². The van der Waals surface area contributed by atoms with Crippen LogP contribution in [0.4, 0.5) is 0 Å². The molecule has 10 heteroatoms. The number of aryl methyl sites for hydroxylation is 2. The fourth-order valence-corrected chi connectivity index (χ4v) is 4.04. The third-order valence-electron chi connectivity index (χ3n) is 6.00. The van der Waals surface area contributed by atoms with Crippen molar-refractivity contribution < 1.29 is 19.0 Å². The van der Waals surface area contributed by atoms with E-state index >= 15 is 0 Å². The summed E-state index contributed by atoms with van der Waals surface area (Å²) in [5, 5.41) is 3.50. The predicted molar refractivity (Wildman–Crippen MR) is 135 cm³/mol. The molecule has 2 aromatic heterocycles. The van der Waals surface area contributed by atoms with Crippen LogP contribution >= 0.6 is 0 Å². The summed E-state index contributed by atoms with van der Waals surface area (Å²) in [7, 11) is 6.54. The molecule has 1 N–H and O–H groups in total. The number of carbonyl (C=O) groups excluding carboxylic acids is 1. The number of benzene rings is 2. The topological polar surface area (TPSA) is 110 Å². The Kier molecular flexibility index (Phi) is 7.53. The van der Waals surface area contributed by atoms with Crippen molar-refractivity contribution in [2.45, 2.75) is 25.4 Å². The van der Waals surface area contributed by atoms with Crippen molar-refractivity contribution in [1.82, 2.24) is 24.4 Å². The van der Waals surface area contributed by atoms with Crippen molar-refractivity contribution in [3.8, 4) is 17.2 Å². The molecule has 0 aliphatic heterocycles. The normalized spacial score (nSPS) is 11.8. The molecule has 10 nitrogen and oxygen atoms in total. The van der Waals surface area contributed by atoms with Crippen LogP contribution in [0.2, 0.25) is 0 Å². The Hall–Kier alpha value is -4.34. The fraction of sp³-hybridized carbons (Fsp3) is 0.308. The lowest BCUT2D eigenvalue weighted by atomic mass is 10.1. The molecule has 0 aliphatic carbocycles. The van der Waals surface area contributed by atoms with E-state index in [9.17, 15) is 9.59 Å². The number of hydrogen-bond donors (Lipinski definition) is 1. The zero-order chi connectivity index (χ0) is 25.7. The Morgan fingerprint density at radius 1 is 1.03 bits per heavy atom. The number of methoxy groups -OCH3 is 3. The van der Waals surface area contributed by atoms with E-state index in [1.54, 1.807) is 25.4 Å². The van der Waals surface area contributed by atoms with E-state index < -0.39 is 6.04 Å². The average molecular weight is 492 g/mol. The number of nitrogens with zero attached hydrogens (tertiary/aromatic N) is 4. The van der Waals surface area contributed by atoms with Crippen molar-refractivity contribution in [1.29, 1.82) is 0 Å². The fourth-order valence-electron chi connectivity index (χ4n) is 4.04. The van der Waals surface area contributed by atoms with Crippen molar-refractivity contribution in [3.05, 3.63) is 76.9 Å². The van der Waals surface area contributed by atoms with Crippen LogP contribution in [0.25, 0.3) is 10.9 Å². The van der Waals surface area contributed by atoms with Gasteiger partial charge in [0.25, 0.3) is 5.56 Å². The van der Waals surface area contributed by atoms with Crippen molar-refractivity contribution in [2.75, 3.05) is 21.3 Å². The minimum absolute atomic E-state index is 0.146. The maximum atomic E-state index is 13.0. The van der Waals surface area contributed by atoms with E-state index in [0.717, 1.165) is 11.3 Å². The molecule has 36 heavy (non-hydrogen) atoms. The van der Waals surface area contributed by atoms with Crippen LogP contribution in [0.5, 0.6) is 17.2 Å². The molecule has 1 atom stereocenters. The van der Waals surface area contributed by atoms with E-state index in [1.165, 1.54) is 25.1 Å². The van der Waals surface area contributed by atoms with E-state index in [1.807, 2.05) is 42.1 Å². The highest BCUT2D eigenvalue weighted by Crippen LogP contribution is 2.30. The molecule has 0 fully saturated rings. The van der Waals surface area contributed by atoms with Gasteiger partial charge in [-0.3, -0.25) is 14.2 Å². The molecule has 0 radical (unpaired) electrons. The summed E-state index contributed by atoms with van der Waals surface area (Å²) in [5.74, 6) is 2.26. The Balaban J connectivity index is 1.46. The van der Waals surface area contributed by atoms with Gasteiger partial charge in [-0.05, 0) is 30.2 Å². The van der Waals surface area contributed by atoms with Gasteiger partial charge in [-0.25, -0.2) is 9.97 Å². The lowest BCUT2D eigenvalue weighted by Gasteiger charge is -2.19. The number of aromatic nitrogens is 4. The molecule has 0 bridgehead atoms. The summed E-state index contributed by atoms with van der Waals surface area (Å²) in [4.78, 5) is 34.7. The molecule has 0 saturated carbocycles. The predicted octanol–water partition coefficient (Wildman–Crippen LogP) is 2.84. The number of carbonyl (C=O) groups is 1. The smallest absolute Gasteiger partial charge is 0.261 e. The second kappa shape index (κ2) is 10.9. The van der Waals surface area contributed by atoms with Gasteiger partial charge in [-0.2, -0.15) is 0 Å². The zero-order valence-corrected chi connectivity index (χ0v) is 20.7. The highest BCUT2D eigenvalue weighted by Gasteiger charge is 2.21. The summed E-state index contributed by atoms with van der Waals surface area (Å²) in [6.07, 6.45) is 5.71. The first-order valence-corrected chi connectivity index (χ1v) is 11.5. The molecule has 1 amide bonds. The Labute approximate surface area is 208 Å². The molecule has 0 saturated heterocycles. The average Bonchev–Trinajstić information content (AvgIpc) is 3.33. The second-order valence-corrected chi connectivity index (χ2v) is 8.24. The molecular weight excluding hydrogens is 462 g/mol. The van der Waals surface area contributed by atoms with Gasteiger partial charge < -0.3 is 24.1 Å². The van der Waals surface area contributed by atoms with Gasteiger partial charge in [0.15, 0.2) is 11.5 Å². The number of nitrogens with one attached hydrogen (secondary N) is 1. The summed E-state index contributed by atoms with van der Waals surface area (Å²) in [6, 6.07) is 10.4. The molecule has 1 unspecified atom stereocenters. The van der Waals surface area contributed by atoms with Gasteiger partial charge in [0, 0.05) is 38.5 Å². The summed E-state index contributed by atoms with van der Waals surface area (Å²) >= 11 is 0. The molecular formula is C26H29N5O5. The van der Waals surface area contributed by atoms with E-state index in [-0.39, 0.29) is 17.9 Å². The van der Waals surface area contributed by atoms with Crippen molar-refractivity contribution in [3.63, 3.8) is 0 Å². The van der Waals surface area contributed by atoms with E-state index in [0.29, 0.717) is 41.2 Å². The molecule has 0 aliphatic rings. The maximum Gasteiger partial charge on any atom is 0.261 e. The van der Waals surface area contributed by atoms with Crippen LogP contribution in [0.3, 0.4) is 0 Å². The van der Waals surface area contributed by atoms with Crippen LogP contribution in [-0.4, -0.2) is 46.3 Å². The summed E-state index contributed by atoms with van der Waals surface area (Å²) in [5.41, 5.74) is 1.20. The van der Waals surface area contributed by atoms with Crippen LogP contribution in [0.15, 0.2) is 59.9 Å². The summed E-state index contributed by atoms with van der Waals surface area (Å²) < 4.78 is 19.2. The zero-order valence-electron chi connectivity index (χ0n) is 20.7. The largest absolute Gasteiger partial charge is 0.497 e. The third-order valence-corrected chi connectivity index (χ3v) is 6.00. The SMILES string of the molecule is COc1ccc(C(NC(=O)CCCn2cnc3cc(OC)c(OC)cc3c2=O)c2nccn2C)cc1. The highest BCUT2D eigenvalue weighted by atomic mass is 16.5. The number of amides is 1. The van der Waals surface area contributed by atoms with Gasteiger partial charge in [-0.1, -0.05) is 12.1 Å². The monoisotopic (exact) mass is 491 g/mol. The lowest BCUT2D eigenvalue weighted by molar-refractivity contribution is -0.121.